The second-order valence-electron chi connectivity index (χ2n) is 3.22. The number of aryl methyl sites for hydroxylation is 1. The van der Waals surface area contributed by atoms with Crippen LogP contribution in [0.25, 0.3) is 6.08 Å². The van der Waals surface area contributed by atoms with Gasteiger partial charge in [0.05, 0.1) is 18.2 Å². The van der Waals surface area contributed by atoms with Crippen LogP contribution in [0.1, 0.15) is 5.69 Å². The first-order chi connectivity index (χ1) is 7.58. The molecule has 1 saturated heterocycles. The lowest BCUT2D eigenvalue weighted by Crippen LogP contribution is -2.51. The maximum Gasteiger partial charge on any atom is 0.328 e. The summed E-state index contributed by atoms with van der Waals surface area (Å²) in [5.74, 6) is -1.43. The van der Waals surface area contributed by atoms with Gasteiger partial charge in [0.25, 0.3) is 11.8 Å². The molecule has 16 heavy (non-hydrogen) atoms. The third kappa shape index (κ3) is 1.70. The van der Waals surface area contributed by atoms with Crippen LogP contribution < -0.4 is 10.6 Å². The molecular formula is C9H8N4O3. The predicted octanol–water partition coefficient (Wildman–Crippen LogP) is -0.831. The second kappa shape index (κ2) is 3.61. The fourth-order valence-electron chi connectivity index (χ4n) is 1.26. The molecule has 4 amide bonds. The van der Waals surface area contributed by atoms with Gasteiger partial charge in [0.2, 0.25) is 0 Å². The minimum Gasteiger partial charge on any atom is -0.334 e. The topological polar surface area (TPSA) is 93.1 Å². The summed E-state index contributed by atoms with van der Waals surface area (Å²) in [5.41, 5.74) is 0.470. The van der Waals surface area contributed by atoms with Gasteiger partial charge in [-0.3, -0.25) is 20.2 Å². The van der Waals surface area contributed by atoms with Gasteiger partial charge in [-0.2, -0.15) is 0 Å². The Balaban J connectivity index is 2.37. The summed E-state index contributed by atoms with van der Waals surface area (Å²) < 4.78 is 1.64. The van der Waals surface area contributed by atoms with E-state index in [0.717, 1.165) is 0 Å². The molecule has 0 aliphatic carbocycles. The maximum absolute atomic E-state index is 11.4. The number of hydrogen-bond donors (Lipinski definition) is 2. The van der Waals surface area contributed by atoms with Crippen LogP contribution in [-0.4, -0.2) is 27.4 Å². The van der Waals surface area contributed by atoms with Gasteiger partial charge in [-0.05, 0) is 6.08 Å². The van der Waals surface area contributed by atoms with Crippen molar-refractivity contribution in [3.63, 3.8) is 0 Å². The Morgan fingerprint density at radius 2 is 1.88 bits per heavy atom. The molecule has 2 heterocycles. The number of nitrogens with zero attached hydrogens (tertiary/aromatic N) is 2. The fourth-order valence-corrected chi connectivity index (χ4v) is 1.26. The summed E-state index contributed by atoms with van der Waals surface area (Å²) in [7, 11) is 1.73. The van der Waals surface area contributed by atoms with Crippen molar-refractivity contribution in [2.75, 3.05) is 0 Å². The van der Waals surface area contributed by atoms with Crippen LogP contribution in [0.2, 0.25) is 0 Å². The summed E-state index contributed by atoms with van der Waals surface area (Å²) in [4.78, 5) is 37.4. The van der Waals surface area contributed by atoms with Gasteiger partial charge in [0.15, 0.2) is 0 Å². The number of imide groups is 2. The standard InChI is InChI=1S/C9H8N4O3/c1-13-4-10-3-5(13)2-6-7(14)11-9(16)12-8(6)15/h2-4H,1H3,(H2,11,12,14,15,16). The first kappa shape index (κ1) is 10.1. The van der Waals surface area contributed by atoms with Gasteiger partial charge in [-0.1, -0.05) is 0 Å². The Kier molecular flexibility index (Phi) is 2.28. The summed E-state index contributed by atoms with van der Waals surface area (Å²) in [5, 5.41) is 3.97. The van der Waals surface area contributed by atoms with E-state index in [2.05, 4.69) is 4.98 Å². The fraction of sp³-hybridized carbons (Fsp3) is 0.111. The highest BCUT2D eigenvalue weighted by molar-refractivity contribution is 6.31. The molecule has 7 nitrogen and oxygen atoms in total. The predicted molar refractivity (Wildman–Crippen MR) is 52.9 cm³/mol. The number of barbiturate groups is 1. The van der Waals surface area contributed by atoms with Crippen molar-refractivity contribution in [2.24, 2.45) is 7.05 Å². The van der Waals surface area contributed by atoms with Crippen LogP contribution in [0.15, 0.2) is 18.1 Å². The molecule has 0 spiro atoms. The summed E-state index contributed by atoms with van der Waals surface area (Å²) >= 11 is 0. The van der Waals surface area contributed by atoms with Gasteiger partial charge < -0.3 is 4.57 Å². The molecule has 1 aromatic heterocycles. The minimum atomic E-state index is -0.808. The van der Waals surface area contributed by atoms with Gasteiger partial charge in [0.1, 0.15) is 5.57 Å². The van der Waals surface area contributed by atoms with Crippen molar-refractivity contribution in [3.05, 3.63) is 23.8 Å². The van der Waals surface area contributed by atoms with Crippen molar-refractivity contribution in [3.8, 4) is 0 Å². The van der Waals surface area contributed by atoms with E-state index in [-0.39, 0.29) is 5.57 Å². The number of imidazole rings is 1. The molecule has 82 valence electrons. The van der Waals surface area contributed by atoms with Crippen LogP contribution in [0.4, 0.5) is 4.79 Å². The van der Waals surface area contributed by atoms with E-state index >= 15 is 0 Å². The largest absolute Gasteiger partial charge is 0.334 e. The SMILES string of the molecule is Cn1cncc1C=C1C(=O)NC(=O)NC1=O. The molecule has 1 aliphatic rings. The van der Waals surface area contributed by atoms with Crippen LogP contribution in [0.5, 0.6) is 0 Å². The molecule has 7 heteroatoms. The quantitative estimate of drug-likeness (QED) is 0.477. The first-order valence-corrected chi connectivity index (χ1v) is 4.42. The van der Waals surface area contributed by atoms with Crippen LogP contribution in [0, 0.1) is 0 Å². The average molecular weight is 220 g/mol. The van der Waals surface area contributed by atoms with Gasteiger partial charge in [-0.15, -0.1) is 0 Å². The van der Waals surface area contributed by atoms with Crippen LogP contribution in [-0.2, 0) is 16.6 Å². The zero-order chi connectivity index (χ0) is 11.7. The average Bonchev–Trinajstić information content (AvgIpc) is 2.57. The molecule has 0 bridgehead atoms. The number of hydrogen-bond acceptors (Lipinski definition) is 4. The zero-order valence-electron chi connectivity index (χ0n) is 8.35. The van der Waals surface area contributed by atoms with Crippen molar-refractivity contribution in [2.45, 2.75) is 0 Å². The Hall–Kier alpha value is -2.44. The number of amides is 4. The van der Waals surface area contributed by atoms with E-state index in [0.29, 0.717) is 5.69 Å². The third-order valence-electron chi connectivity index (χ3n) is 2.09. The number of rotatable bonds is 1. The van der Waals surface area contributed by atoms with E-state index in [1.807, 2.05) is 10.6 Å². The zero-order valence-corrected chi connectivity index (χ0v) is 8.35. The second-order valence-corrected chi connectivity index (χ2v) is 3.22. The number of aromatic nitrogens is 2. The van der Waals surface area contributed by atoms with E-state index < -0.39 is 17.8 Å². The Bertz CT molecular complexity index is 493. The van der Waals surface area contributed by atoms with Gasteiger partial charge in [0, 0.05) is 7.05 Å². The number of urea groups is 1. The molecule has 1 fully saturated rings. The molecule has 0 saturated carbocycles. The minimum absolute atomic E-state index is 0.122. The monoisotopic (exact) mass is 220 g/mol. The molecule has 2 N–H and O–H groups in total. The van der Waals surface area contributed by atoms with Crippen LogP contribution in [0.3, 0.4) is 0 Å². The Morgan fingerprint density at radius 1 is 1.25 bits per heavy atom. The smallest absolute Gasteiger partial charge is 0.328 e. The Labute approximate surface area is 90.1 Å². The normalized spacial score (nSPS) is 15.8. The number of carbonyl (C=O) groups excluding carboxylic acids is 3. The molecule has 0 atom stereocenters. The van der Waals surface area contributed by atoms with E-state index in [1.165, 1.54) is 18.6 Å². The number of nitrogens with one attached hydrogen (secondary N) is 2. The molecule has 2 rings (SSSR count). The van der Waals surface area contributed by atoms with E-state index in [9.17, 15) is 14.4 Å². The lowest BCUT2D eigenvalue weighted by Gasteiger charge is -2.13. The van der Waals surface area contributed by atoms with Gasteiger partial charge >= 0.3 is 6.03 Å². The van der Waals surface area contributed by atoms with E-state index in [1.54, 1.807) is 11.6 Å². The van der Waals surface area contributed by atoms with Crippen molar-refractivity contribution in [1.29, 1.82) is 0 Å². The van der Waals surface area contributed by atoms with Crippen LogP contribution >= 0.6 is 0 Å². The van der Waals surface area contributed by atoms with Crippen molar-refractivity contribution < 1.29 is 14.4 Å². The highest BCUT2D eigenvalue weighted by Gasteiger charge is 2.27. The number of carbonyl (C=O) groups is 3. The lowest BCUT2D eigenvalue weighted by molar-refractivity contribution is -0.123. The molecule has 0 unspecified atom stereocenters. The first-order valence-electron chi connectivity index (χ1n) is 4.42. The highest BCUT2D eigenvalue weighted by Crippen LogP contribution is 2.08. The van der Waals surface area contributed by atoms with Crippen molar-refractivity contribution >= 4 is 23.9 Å². The van der Waals surface area contributed by atoms with Gasteiger partial charge in [-0.25, -0.2) is 9.78 Å². The third-order valence-corrected chi connectivity index (χ3v) is 2.09. The maximum atomic E-state index is 11.4. The molecular weight excluding hydrogens is 212 g/mol. The summed E-state index contributed by atoms with van der Waals surface area (Å²) in [6, 6.07) is -0.808. The van der Waals surface area contributed by atoms with E-state index in [4.69, 9.17) is 0 Å². The Morgan fingerprint density at radius 3 is 2.38 bits per heavy atom. The summed E-state index contributed by atoms with van der Waals surface area (Å²) in [6.07, 6.45) is 4.41. The summed E-state index contributed by atoms with van der Waals surface area (Å²) in [6.45, 7) is 0. The van der Waals surface area contributed by atoms with Crippen molar-refractivity contribution in [1.82, 2.24) is 20.2 Å². The molecule has 0 aromatic carbocycles. The molecule has 1 aliphatic heterocycles. The highest BCUT2D eigenvalue weighted by atomic mass is 16.2. The lowest BCUT2D eigenvalue weighted by atomic mass is 10.1. The molecule has 0 radical (unpaired) electrons. The molecule has 1 aromatic rings.